The minimum Gasteiger partial charge on any atom is -0.342 e. The van der Waals surface area contributed by atoms with Crippen LogP contribution in [0.5, 0.6) is 0 Å². The number of hydrazone groups is 1. The summed E-state index contributed by atoms with van der Waals surface area (Å²) in [6.07, 6.45) is 3.56. The van der Waals surface area contributed by atoms with Gasteiger partial charge in [0.2, 0.25) is 0 Å². The molecule has 4 rings (SSSR count). The van der Waals surface area contributed by atoms with Crippen molar-refractivity contribution < 1.29 is 9.59 Å². The minimum absolute atomic E-state index is 0.192. The highest BCUT2D eigenvalue weighted by Gasteiger charge is 2.25. The number of fused-ring (bicyclic) bond motifs is 1. The van der Waals surface area contributed by atoms with Crippen molar-refractivity contribution in [2.75, 3.05) is 0 Å². The number of nitrogens with one attached hydrogen (secondary N) is 2. The topological polar surface area (TPSA) is 75.5 Å². The lowest BCUT2D eigenvalue weighted by molar-refractivity contribution is -0.123. The Balaban J connectivity index is 1.50. The third-order valence-corrected chi connectivity index (χ3v) is 6.82. The van der Waals surface area contributed by atoms with E-state index in [2.05, 4.69) is 20.4 Å². The lowest BCUT2D eigenvalue weighted by Gasteiger charge is -2.20. The molecule has 0 aliphatic carbocycles. The maximum absolute atomic E-state index is 12.9. The summed E-state index contributed by atoms with van der Waals surface area (Å²) in [5.74, 6) is -1.10. The molecule has 4 aromatic rings. The van der Waals surface area contributed by atoms with Crippen molar-refractivity contribution in [2.24, 2.45) is 11.0 Å². The number of nitrogens with zero attached hydrogens (tertiary/aromatic N) is 2. The van der Waals surface area contributed by atoms with Gasteiger partial charge >= 0.3 is 0 Å². The van der Waals surface area contributed by atoms with Gasteiger partial charge in [0, 0.05) is 39.3 Å². The third kappa shape index (κ3) is 6.34. The van der Waals surface area contributed by atoms with Gasteiger partial charge in [0.05, 0.1) is 16.8 Å². The van der Waals surface area contributed by atoms with Gasteiger partial charge in [-0.25, -0.2) is 5.43 Å². The number of benzene rings is 3. The van der Waals surface area contributed by atoms with Crippen molar-refractivity contribution in [3.05, 3.63) is 105 Å². The molecule has 0 fully saturated rings. The van der Waals surface area contributed by atoms with Gasteiger partial charge in [-0.2, -0.15) is 5.10 Å². The zero-order valence-electron chi connectivity index (χ0n) is 20.2. The second kappa shape index (κ2) is 11.8. The molecule has 2 N–H and O–H groups in total. The number of rotatable bonds is 8. The van der Waals surface area contributed by atoms with Gasteiger partial charge in [-0.15, -0.1) is 0 Å². The predicted molar refractivity (Wildman–Crippen MR) is 151 cm³/mol. The Bertz CT molecular complexity index is 1480. The van der Waals surface area contributed by atoms with Crippen molar-refractivity contribution in [1.29, 1.82) is 0 Å². The van der Waals surface area contributed by atoms with Crippen molar-refractivity contribution in [1.82, 2.24) is 15.3 Å². The first-order valence-electron chi connectivity index (χ1n) is 11.6. The van der Waals surface area contributed by atoms with Crippen LogP contribution in [0.25, 0.3) is 10.9 Å². The molecule has 0 saturated heterocycles. The number of amides is 2. The number of halogens is 3. The van der Waals surface area contributed by atoms with Gasteiger partial charge in [0.25, 0.3) is 11.8 Å². The smallest absolute Gasteiger partial charge is 0.262 e. The molecule has 0 saturated carbocycles. The lowest BCUT2D eigenvalue weighted by Crippen LogP contribution is -2.48. The van der Waals surface area contributed by atoms with E-state index in [0.29, 0.717) is 16.6 Å². The van der Waals surface area contributed by atoms with E-state index in [1.807, 2.05) is 68.6 Å². The third-order valence-electron chi connectivity index (χ3n) is 5.91. The van der Waals surface area contributed by atoms with Crippen LogP contribution in [0.1, 0.15) is 35.3 Å². The minimum atomic E-state index is -0.821. The normalized spacial score (nSPS) is 12.3. The lowest BCUT2D eigenvalue weighted by atomic mass is 10.0. The molecular weight excluding hydrogens is 531 g/mol. The van der Waals surface area contributed by atoms with Gasteiger partial charge in [-0.1, -0.05) is 85.0 Å². The fraction of sp³-hybridized carbons (Fsp3) is 0.179. The van der Waals surface area contributed by atoms with Gasteiger partial charge in [-0.3, -0.25) is 9.59 Å². The second-order valence-corrected chi connectivity index (χ2v) is 10.1. The summed E-state index contributed by atoms with van der Waals surface area (Å²) in [5, 5.41) is 9.23. The first kappa shape index (κ1) is 26.7. The molecule has 0 spiro atoms. The van der Waals surface area contributed by atoms with Gasteiger partial charge < -0.3 is 9.88 Å². The van der Waals surface area contributed by atoms with Crippen LogP contribution in [0.2, 0.25) is 15.1 Å². The van der Waals surface area contributed by atoms with Crippen LogP contribution in [0.4, 0.5) is 0 Å². The van der Waals surface area contributed by atoms with E-state index in [4.69, 9.17) is 34.8 Å². The van der Waals surface area contributed by atoms with Gasteiger partial charge in [0.15, 0.2) is 0 Å². The van der Waals surface area contributed by atoms with E-state index in [0.717, 1.165) is 22.0 Å². The summed E-state index contributed by atoms with van der Waals surface area (Å²) in [7, 11) is 0. The summed E-state index contributed by atoms with van der Waals surface area (Å²) in [4.78, 5) is 25.7. The van der Waals surface area contributed by atoms with Crippen LogP contribution in [0.15, 0.2) is 78.0 Å². The summed E-state index contributed by atoms with van der Waals surface area (Å²) in [5.41, 5.74) is 5.64. The number of hydrogen-bond donors (Lipinski definition) is 2. The number of hydrogen-bond acceptors (Lipinski definition) is 3. The Labute approximate surface area is 230 Å². The summed E-state index contributed by atoms with van der Waals surface area (Å²) >= 11 is 18.4. The van der Waals surface area contributed by atoms with Crippen LogP contribution in [-0.4, -0.2) is 28.6 Å². The Morgan fingerprint density at radius 1 is 0.973 bits per heavy atom. The van der Waals surface area contributed by atoms with E-state index in [9.17, 15) is 9.59 Å². The SMILES string of the molecule is CC(C)C(NC(=O)c1ccc(Cl)cc1Cl)C(=O)N/N=C\c1cn(Cc2ccccc2Cl)c2ccccc12. The zero-order chi connectivity index (χ0) is 26.5. The first-order chi connectivity index (χ1) is 17.7. The molecule has 0 bridgehead atoms. The van der Waals surface area contributed by atoms with E-state index in [1.54, 1.807) is 12.3 Å². The Morgan fingerprint density at radius 2 is 1.70 bits per heavy atom. The highest BCUT2D eigenvalue weighted by Crippen LogP contribution is 2.24. The molecule has 190 valence electrons. The number of carbonyl (C=O) groups is 2. The second-order valence-electron chi connectivity index (χ2n) is 8.87. The largest absolute Gasteiger partial charge is 0.342 e. The average Bonchev–Trinajstić information content (AvgIpc) is 3.21. The van der Waals surface area contributed by atoms with Crippen LogP contribution >= 0.6 is 34.8 Å². The maximum Gasteiger partial charge on any atom is 0.262 e. The van der Waals surface area contributed by atoms with Crippen LogP contribution in [0.3, 0.4) is 0 Å². The quantitative estimate of drug-likeness (QED) is 0.191. The number of carbonyl (C=O) groups excluding carboxylic acids is 2. The van der Waals surface area contributed by atoms with E-state index in [1.165, 1.54) is 12.1 Å². The molecule has 0 aliphatic rings. The average molecular weight is 556 g/mol. The standard InChI is InChI=1S/C28H25Cl3N4O2/c1-17(2)26(33-27(36)22-12-11-20(29)13-24(22)31)28(37)34-32-14-19-16-35(25-10-6-4-8-21(19)25)15-18-7-3-5-9-23(18)30/h3-14,16-17,26H,15H2,1-2H3,(H,33,36)(H,34,37)/b32-14-. The fourth-order valence-corrected chi connectivity index (χ4v) is 4.67. The zero-order valence-corrected chi connectivity index (χ0v) is 22.5. The highest BCUT2D eigenvalue weighted by molar-refractivity contribution is 6.36. The van der Waals surface area contributed by atoms with E-state index >= 15 is 0 Å². The highest BCUT2D eigenvalue weighted by atomic mass is 35.5. The first-order valence-corrected chi connectivity index (χ1v) is 12.8. The molecule has 0 aliphatic heterocycles. The molecule has 0 radical (unpaired) electrons. The molecular formula is C28H25Cl3N4O2. The summed E-state index contributed by atoms with van der Waals surface area (Å²) in [6, 6.07) is 19.4. The van der Waals surface area contributed by atoms with E-state index in [-0.39, 0.29) is 16.5 Å². The fourth-order valence-electron chi connectivity index (χ4n) is 3.98. The van der Waals surface area contributed by atoms with E-state index < -0.39 is 17.9 Å². The van der Waals surface area contributed by atoms with Crippen molar-refractivity contribution >= 4 is 63.7 Å². The molecule has 3 aromatic carbocycles. The molecule has 1 heterocycles. The van der Waals surface area contributed by atoms with Crippen molar-refractivity contribution in [3.63, 3.8) is 0 Å². The van der Waals surface area contributed by atoms with Crippen LogP contribution in [0, 0.1) is 5.92 Å². The van der Waals surface area contributed by atoms with Crippen molar-refractivity contribution in [2.45, 2.75) is 26.4 Å². The van der Waals surface area contributed by atoms with Crippen LogP contribution < -0.4 is 10.7 Å². The Hall–Kier alpha value is -3.32. The Kier molecular flexibility index (Phi) is 8.54. The Morgan fingerprint density at radius 3 is 2.43 bits per heavy atom. The summed E-state index contributed by atoms with van der Waals surface area (Å²) in [6.45, 7) is 4.26. The number of aromatic nitrogens is 1. The maximum atomic E-state index is 12.9. The molecule has 1 atom stereocenters. The molecule has 1 unspecified atom stereocenters. The molecule has 9 heteroatoms. The van der Waals surface area contributed by atoms with Crippen LogP contribution in [-0.2, 0) is 11.3 Å². The van der Waals surface area contributed by atoms with Crippen molar-refractivity contribution in [3.8, 4) is 0 Å². The molecule has 37 heavy (non-hydrogen) atoms. The molecule has 1 aromatic heterocycles. The number of para-hydroxylation sites is 1. The van der Waals surface area contributed by atoms with Gasteiger partial charge in [-0.05, 0) is 41.8 Å². The molecule has 2 amide bonds. The monoisotopic (exact) mass is 554 g/mol. The predicted octanol–water partition coefficient (Wildman–Crippen LogP) is 6.55. The molecule has 6 nitrogen and oxygen atoms in total. The summed E-state index contributed by atoms with van der Waals surface area (Å²) < 4.78 is 2.09. The van der Waals surface area contributed by atoms with Gasteiger partial charge in [0.1, 0.15) is 6.04 Å².